The number of quaternary nitrogens is 1. The van der Waals surface area contributed by atoms with Crippen molar-refractivity contribution in [3.8, 4) is 0 Å². The molecule has 0 aromatic carbocycles. The number of hydrogen-bond donors (Lipinski definition) is 2. The number of rotatable bonds is 15. The lowest BCUT2D eigenvalue weighted by Crippen LogP contribution is -2.60. The van der Waals surface area contributed by atoms with Crippen molar-refractivity contribution in [2.45, 2.75) is 90.0 Å². The molecule has 0 rings (SSSR count). The second-order valence-corrected chi connectivity index (χ2v) is 7.89. The Labute approximate surface area is 143 Å². The second-order valence-electron chi connectivity index (χ2n) is 7.89. The Morgan fingerprint density at radius 3 is 1.48 bits per heavy atom. The molecule has 0 atom stereocenters. The monoisotopic (exact) mass is 330 g/mol. The average molecular weight is 331 g/mol. The fourth-order valence-electron chi connectivity index (χ4n) is 2.75. The Bertz CT molecular complexity index is 314. The van der Waals surface area contributed by atoms with Crippen LogP contribution in [0, 0.1) is 0 Å². The van der Waals surface area contributed by atoms with Crippen molar-refractivity contribution in [2.75, 3.05) is 27.2 Å². The molecule has 0 unspecified atom stereocenters. The van der Waals surface area contributed by atoms with E-state index in [1.165, 1.54) is 51.4 Å². The summed E-state index contributed by atoms with van der Waals surface area (Å²) in [5.41, 5.74) is -0.726. The molecule has 0 heterocycles. The van der Waals surface area contributed by atoms with Gasteiger partial charge < -0.3 is 14.7 Å². The molecule has 138 valence electrons. The van der Waals surface area contributed by atoms with Gasteiger partial charge in [-0.25, -0.2) is 4.79 Å². The van der Waals surface area contributed by atoms with Gasteiger partial charge in [0.05, 0.1) is 20.6 Å². The van der Waals surface area contributed by atoms with Crippen molar-refractivity contribution >= 4 is 5.97 Å². The maximum atomic E-state index is 11.4. The molecular weight excluding hydrogens is 290 g/mol. The van der Waals surface area contributed by atoms with Gasteiger partial charge in [-0.15, -0.1) is 0 Å². The zero-order valence-corrected chi connectivity index (χ0v) is 15.9. The molecule has 0 spiro atoms. The largest absolute Gasteiger partial charge is 0.477 e. The summed E-state index contributed by atoms with van der Waals surface area (Å²) in [7, 11) is 4.04. The smallest absolute Gasteiger partial charge is 0.365 e. The summed E-state index contributed by atoms with van der Waals surface area (Å²) in [5.74, 6) is -0.721. The van der Waals surface area contributed by atoms with Crippen molar-refractivity contribution < 1.29 is 19.5 Å². The third-order valence-electron chi connectivity index (χ3n) is 5.41. The van der Waals surface area contributed by atoms with Crippen molar-refractivity contribution in [2.24, 2.45) is 0 Å². The topological polar surface area (TPSA) is 57.5 Å². The van der Waals surface area contributed by atoms with Gasteiger partial charge >= 0.3 is 5.97 Å². The van der Waals surface area contributed by atoms with E-state index in [0.717, 1.165) is 25.8 Å². The Hall–Kier alpha value is -0.610. The predicted molar refractivity (Wildman–Crippen MR) is 96.6 cm³/mol. The fourth-order valence-corrected chi connectivity index (χ4v) is 2.75. The van der Waals surface area contributed by atoms with E-state index < -0.39 is 11.5 Å². The highest BCUT2D eigenvalue weighted by Gasteiger charge is 2.43. The number of hydrogen-bond acceptors (Lipinski definition) is 2. The fraction of sp³-hybridized carbons (Fsp3) is 0.947. The highest BCUT2D eigenvalue weighted by Crippen LogP contribution is 2.22. The maximum absolute atomic E-state index is 11.4. The van der Waals surface area contributed by atoms with Crippen LogP contribution in [-0.4, -0.2) is 53.5 Å². The Morgan fingerprint density at radius 1 is 0.783 bits per heavy atom. The van der Waals surface area contributed by atoms with Crippen LogP contribution in [0.1, 0.15) is 84.5 Å². The number of aliphatic hydroxyl groups excluding tert-OH is 1. The zero-order chi connectivity index (χ0) is 17.8. The standard InChI is InChI=1S/C19H39NO3/c1-19(2,18(22)23)20(3,4)16-14-12-10-8-6-5-7-9-11-13-15-17-21/h21H,5-17H2,1-4H3/p+1. The van der Waals surface area contributed by atoms with Gasteiger partial charge in [-0.3, -0.25) is 0 Å². The van der Waals surface area contributed by atoms with Gasteiger partial charge in [0.25, 0.3) is 0 Å². The van der Waals surface area contributed by atoms with E-state index in [1.54, 1.807) is 0 Å². The number of carboxylic acid groups (broad SMARTS) is 1. The number of carbonyl (C=O) groups is 1. The van der Waals surface area contributed by atoms with Crippen LogP contribution in [0.15, 0.2) is 0 Å². The van der Waals surface area contributed by atoms with Crippen LogP contribution in [0.4, 0.5) is 0 Å². The lowest BCUT2D eigenvalue weighted by Gasteiger charge is -2.41. The number of nitrogens with zero attached hydrogens (tertiary/aromatic N) is 1. The summed E-state index contributed by atoms with van der Waals surface area (Å²) in [5, 5.41) is 18.0. The summed E-state index contributed by atoms with van der Waals surface area (Å²) in [4.78, 5) is 11.4. The number of aliphatic carboxylic acids is 1. The lowest BCUT2D eigenvalue weighted by molar-refractivity contribution is -0.928. The number of unbranched alkanes of at least 4 members (excludes halogenated alkanes) is 10. The second kappa shape index (κ2) is 11.9. The maximum Gasteiger partial charge on any atom is 0.365 e. The minimum atomic E-state index is -0.726. The molecule has 0 aliphatic rings. The first kappa shape index (κ1) is 22.4. The minimum Gasteiger partial charge on any atom is -0.477 e. The van der Waals surface area contributed by atoms with Gasteiger partial charge in [0, 0.05) is 20.5 Å². The summed E-state index contributed by atoms with van der Waals surface area (Å²) >= 11 is 0. The Balaban J connectivity index is 3.54. The molecule has 0 saturated heterocycles. The van der Waals surface area contributed by atoms with Crippen LogP contribution in [0.3, 0.4) is 0 Å². The van der Waals surface area contributed by atoms with Crippen molar-refractivity contribution in [3.05, 3.63) is 0 Å². The highest BCUT2D eigenvalue weighted by molar-refractivity contribution is 5.76. The third kappa shape index (κ3) is 9.31. The molecule has 0 bridgehead atoms. The van der Waals surface area contributed by atoms with Gasteiger partial charge in [0.1, 0.15) is 0 Å². The van der Waals surface area contributed by atoms with E-state index in [4.69, 9.17) is 5.11 Å². The molecule has 0 saturated carbocycles. The molecule has 23 heavy (non-hydrogen) atoms. The van der Waals surface area contributed by atoms with Gasteiger partial charge in [0.2, 0.25) is 0 Å². The van der Waals surface area contributed by atoms with Crippen LogP contribution >= 0.6 is 0 Å². The zero-order valence-electron chi connectivity index (χ0n) is 15.9. The third-order valence-corrected chi connectivity index (χ3v) is 5.41. The minimum absolute atomic E-state index is 0.333. The summed E-state index contributed by atoms with van der Waals surface area (Å²) in [6.07, 6.45) is 13.5. The van der Waals surface area contributed by atoms with E-state index in [0.29, 0.717) is 11.1 Å². The van der Waals surface area contributed by atoms with Gasteiger partial charge in [0.15, 0.2) is 5.54 Å². The molecule has 0 aromatic rings. The molecule has 4 nitrogen and oxygen atoms in total. The van der Waals surface area contributed by atoms with Crippen LogP contribution in [0.2, 0.25) is 0 Å². The van der Waals surface area contributed by atoms with E-state index in [9.17, 15) is 9.90 Å². The van der Waals surface area contributed by atoms with E-state index in [2.05, 4.69) is 0 Å². The predicted octanol–water partition coefficient (Wildman–Crippen LogP) is 4.21. The average Bonchev–Trinajstić information content (AvgIpc) is 2.48. The van der Waals surface area contributed by atoms with Crippen molar-refractivity contribution in [3.63, 3.8) is 0 Å². The number of likely N-dealkylation sites (N-methyl/N-ethyl adjacent to an activating group) is 1. The molecule has 2 N–H and O–H groups in total. The van der Waals surface area contributed by atoms with Crippen LogP contribution < -0.4 is 0 Å². The lowest BCUT2D eigenvalue weighted by atomic mass is 9.99. The first-order valence-corrected chi connectivity index (χ1v) is 9.43. The Morgan fingerprint density at radius 2 is 1.13 bits per heavy atom. The van der Waals surface area contributed by atoms with E-state index in [-0.39, 0.29) is 0 Å². The van der Waals surface area contributed by atoms with Crippen LogP contribution in [0.5, 0.6) is 0 Å². The quantitative estimate of drug-likeness (QED) is 0.349. The molecule has 0 aromatic heterocycles. The molecular formula is C19H40NO3+. The van der Waals surface area contributed by atoms with Crippen LogP contribution in [0.25, 0.3) is 0 Å². The first-order chi connectivity index (χ1) is 10.8. The molecule has 0 amide bonds. The normalized spacial score (nSPS) is 12.6. The first-order valence-electron chi connectivity index (χ1n) is 9.43. The summed E-state index contributed by atoms with van der Waals surface area (Å²) in [6, 6.07) is 0. The molecule has 0 fully saturated rings. The van der Waals surface area contributed by atoms with E-state index >= 15 is 0 Å². The van der Waals surface area contributed by atoms with Crippen molar-refractivity contribution in [1.29, 1.82) is 0 Å². The molecule has 0 radical (unpaired) electrons. The number of carboxylic acids is 1. The van der Waals surface area contributed by atoms with E-state index in [1.807, 2.05) is 27.9 Å². The summed E-state index contributed by atoms with van der Waals surface area (Å²) in [6.45, 7) is 4.88. The Kier molecular flexibility index (Phi) is 11.5. The number of aliphatic hydroxyl groups is 1. The van der Waals surface area contributed by atoms with Crippen molar-refractivity contribution in [1.82, 2.24) is 0 Å². The summed E-state index contributed by atoms with van der Waals surface area (Å²) < 4.78 is 0.538. The van der Waals surface area contributed by atoms with Crippen LogP contribution in [-0.2, 0) is 4.79 Å². The molecule has 0 aliphatic heterocycles. The van der Waals surface area contributed by atoms with Gasteiger partial charge in [-0.2, -0.15) is 0 Å². The van der Waals surface area contributed by atoms with Gasteiger partial charge in [-0.1, -0.05) is 51.4 Å². The molecule has 4 heteroatoms. The SMILES string of the molecule is CC(C)(C(=O)O)[N+](C)(C)CCCCCCCCCCCCCO. The molecule has 0 aliphatic carbocycles. The van der Waals surface area contributed by atoms with Gasteiger partial charge in [-0.05, 0) is 19.3 Å². The highest BCUT2D eigenvalue weighted by atomic mass is 16.4.